The van der Waals surface area contributed by atoms with Crippen molar-refractivity contribution in [1.29, 1.82) is 0 Å². The lowest BCUT2D eigenvalue weighted by Gasteiger charge is -2.17. The van der Waals surface area contributed by atoms with Gasteiger partial charge >= 0.3 is 0 Å². The van der Waals surface area contributed by atoms with Gasteiger partial charge in [0.25, 0.3) is 11.8 Å². The van der Waals surface area contributed by atoms with Gasteiger partial charge < -0.3 is 15.4 Å². The van der Waals surface area contributed by atoms with E-state index in [0.29, 0.717) is 28.5 Å². The average molecular weight is 551 g/mol. The molecule has 0 saturated carbocycles. The maximum Gasteiger partial charge on any atom is 0.255 e. The van der Waals surface area contributed by atoms with Gasteiger partial charge in [-0.2, -0.15) is 10.1 Å². The van der Waals surface area contributed by atoms with Crippen molar-refractivity contribution in [1.82, 2.24) is 5.32 Å². The Morgan fingerprint density at radius 1 is 0.875 bits per heavy atom. The van der Waals surface area contributed by atoms with Gasteiger partial charge in [-0.3, -0.25) is 14.4 Å². The summed E-state index contributed by atoms with van der Waals surface area (Å²) >= 11 is 1.34. The number of para-hydroxylation sites is 1. The smallest absolute Gasteiger partial charge is 0.255 e. The Balaban J connectivity index is 1.32. The van der Waals surface area contributed by atoms with Gasteiger partial charge in [-0.1, -0.05) is 54.6 Å². The van der Waals surface area contributed by atoms with Crippen LogP contribution in [0.2, 0.25) is 0 Å². The zero-order valence-electron chi connectivity index (χ0n) is 21.6. The first-order valence-electron chi connectivity index (χ1n) is 12.5. The van der Waals surface area contributed by atoms with Crippen LogP contribution in [0, 0.1) is 0 Å². The zero-order chi connectivity index (χ0) is 27.9. The van der Waals surface area contributed by atoms with Crippen LogP contribution in [-0.2, 0) is 9.59 Å². The number of methoxy groups -OCH3 is 1. The number of hydrogen-bond acceptors (Lipinski definition) is 6. The highest BCUT2D eigenvalue weighted by Gasteiger charge is 2.29. The van der Waals surface area contributed by atoms with Crippen molar-refractivity contribution in [3.05, 3.63) is 120 Å². The molecule has 1 aliphatic heterocycles. The van der Waals surface area contributed by atoms with Gasteiger partial charge in [0.1, 0.15) is 16.8 Å². The molecule has 200 valence electrons. The molecule has 0 spiro atoms. The molecule has 1 atom stereocenters. The minimum atomic E-state index is -0.627. The largest absolute Gasteiger partial charge is 0.497 e. The number of thioether (sulfide) groups is 1. The Morgan fingerprint density at radius 3 is 2.27 bits per heavy atom. The summed E-state index contributed by atoms with van der Waals surface area (Å²) in [6.45, 7) is 0. The second kappa shape index (κ2) is 12.3. The lowest BCUT2D eigenvalue weighted by atomic mass is 10.1. The van der Waals surface area contributed by atoms with E-state index in [1.807, 2.05) is 66.7 Å². The van der Waals surface area contributed by atoms with E-state index in [4.69, 9.17) is 4.74 Å². The lowest BCUT2D eigenvalue weighted by Crippen LogP contribution is -2.33. The number of ether oxygens (including phenoxy) is 1. The second-order valence-corrected chi connectivity index (χ2v) is 10.1. The number of hydrogen-bond donors (Lipinski definition) is 2. The lowest BCUT2D eigenvalue weighted by molar-refractivity contribution is -0.119. The summed E-state index contributed by atoms with van der Waals surface area (Å²) in [5.41, 5.74) is 2.53. The minimum absolute atomic E-state index is 0.000310. The van der Waals surface area contributed by atoms with Gasteiger partial charge in [0.05, 0.1) is 19.2 Å². The van der Waals surface area contributed by atoms with E-state index in [1.165, 1.54) is 16.8 Å². The number of amidine groups is 1. The third-order valence-electron chi connectivity index (χ3n) is 6.08. The molecule has 0 radical (unpaired) electrons. The van der Waals surface area contributed by atoms with Crippen LogP contribution < -0.4 is 20.4 Å². The molecule has 0 fully saturated rings. The number of nitrogens with one attached hydrogen (secondary N) is 2. The van der Waals surface area contributed by atoms with Crippen LogP contribution in [0.5, 0.6) is 5.75 Å². The molecule has 5 rings (SSSR count). The normalized spacial score (nSPS) is 13.4. The molecule has 40 heavy (non-hydrogen) atoms. The quantitative estimate of drug-likeness (QED) is 0.276. The maximum absolute atomic E-state index is 13.5. The van der Waals surface area contributed by atoms with Gasteiger partial charge in [0.15, 0.2) is 0 Å². The van der Waals surface area contributed by atoms with Crippen LogP contribution in [0.4, 0.5) is 11.4 Å². The van der Waals surface area contributed by atoms with Crippen LogP contribution in [-0.4, -0.2) is 30.7 Å². The third kappa shape index (κ3) is 6.39. The van der Waals surface area contributed by atoms with Gasteiger partial charge in [0.2, 0.25) is 5.91 Å². The minimum Gasteiger partial charge on any atom is -0.497 e. The van der Waals surface area contributed by atoms with Crippen molar-refractivity contribution in [2.45, 2.75) is 16.6 Å². The third-order valence-corrected chi connectivity index (χ3v) is 7.33. The highest BCUT2D eigenvalue weighted by molar-refractivity contribution is 8.00. The van der Waals surface area contributed by atoms with Gasteiger partial charge in [-0.25, -0.2) is 0 Å². The average Bonchev–Trinajstić information content (AvgIpc) is 3.36. The monoisotopic (exact) mass is 550 g/mol. The number of anilines is 2. The van der Waals surface area contributed by atoms with Gasteiger partial charge in [0, 0.05) is 16.1 Å². The fraction of sp³-hybridized carbons (Fsp3) is 0.0968. The summed E-state index contributed by atoms with van der Waals surface area (Å²) in [5, 5.41) is 10.8. The first kappa shape index (κ1) is 26.7. The first-order chi connectivity index (χ1) is 19.5. The van der Waals surface area contributed by atoms with Crippen molar-refractivity contribution < 1.29 is 19.1 Å². The van der Waals surface area contributed by atoms with Crippen LogP contribution in [0.15, 0.2) is 119 Å². The molecule has 8 nitrogen and oxygen atoms in total. The summed E-state index contributed by atoms with van der Waals surface area (Å²) in [6, 6.07) is 32.6. The van der Waals surface area contributed by atoms with E-state index < -0.39 is 5.25 Å². The molecule has 1 aliphatic rings. The summed E-state index contributed by atoms with van der Waals surface area (Å²) < 4.78 is 5.15. The molecule has 0 aliphatic carbocycles. The molecule has 0 aromatic heterocycles. The highest BCUT2D eigenvalue weighted by Crippen LogP contribution is 2.36. The predicted octanol–water partition coefficient (Wildman–Crippen LogP) is 5.65. The standard InChI is InChI=1S/C31H26N4O4S/c1-39-25-17-15-22(16-18-25)30(37)32-23-11-8-14-26(19-23)40-29(21-9-4-2-5-10-21)31(38)33-27-20-28(36)35(34-27)24-12-6-3-7-13-24/h2-19,29H,20H2,1H3,(H,32,37)(H,33,34,38). The Bertz CT molecular complexity index is 1540. The van der Waals surface area contributed by atoms with Crippen molar-refractivity contribution >= 4 is 46.7 Å². The Labute approximate surface area is 236 Å². The van der Waals surface area contributed by atoms with E-state index in [9.17, 15) is 14.4 Å². The topological polar surface area (TPSA) is 100 Å². The predicted molar refractivity (Wildman–Crippen MR) is 157 cm³/mol. The van der Waals surface area contributed by atoms with Crippen LogP contribution in [0.3, 0.4) is 0 Å². The number of carbonyl (C=O) groups is 3. The Hall–Kier alpha value is -4.89. The van der Waals surface area contributed by atoms with E-state index >= 15 is 0 Å². The number of carbonyl (C=O) groups excluding carboxylic acids is 3. The first-order valence-corrected chi connectivity index (χ1v) is 13.4. The van der Waals surface area contributed by atoms with Crippen molar-refractivity contribution in [2.75, 3.05) is 17.4 Å². The SMILES string of the molecule is COc1ccc(C(=O)Nc2cccc(SC(C(=O)NC3=NN(c4ccccc4)C(=O)C3)c3ccccc3)c2)cc1. The number of nitrogens with zero attached hydrogens (tertiary/aromatic N) is 2. The fourth-order valence-electron chi connectivity index (χ4n) is 4.11. The van der Waals surface area contributed by atoms with E-state index in [-0.39, 0.29) is 24.1 Å². The summed E-state index contributed by atoms with van der Waals surface area (Å²) in [6.07, 6.45) is -0.000310. The van der Waals surface area contributed by atoms with Crippen molar-refractivity contribution in [3.63, 3.8) is 0 Å². The molecule has 0 saturated heterocycles. The number of hydrazone groups is 1. The number of benzene rings is 4. The molecule has 1 heterocycles. The van der Waals surface area contributed by atoms with E-state index in [1.54, 1.807) is 49.6 Å². The van der Waals surface area contributed by atoms with Crippen LogP contribution in [0.25, 0.3) is 0 Å². The Kier molecular flexibility index (Phi) is 8.22. The number of amides is 3. The van der Waals surface area contributed by atoms with Gasteiger partial charge in [-0.15, -0.1) is 11.8 Å². The van der Waals surface area contributed by atoms with E-state index in [2.05, 4.69) is 15.7 Å². The highest BCUT2D eigenvalue weighted by atomic mass is 32.2. The number of rotatable bonds is 8. The van der Waals surface area contributed by atoms with Crippen LogP contribution >= 0.6 is 11.8 Å². The molecular formula is C31H26N4O4S. The molecular weight excluding hydrogens is 524 g/mol. The zero-order valence-corrected chi connectivity index (χ0v) is 22.4. The summed E-state index contributed by atoms with van der Waals surface area (Å²) in [5.74, 6) is 0.187. The molecule has 0 bridgehead atoms. The molecule has 4 aromatic rings. The summed E-state index contributed by atoms with van der Waals surface area (Å²) in [7, 11) is 1.57. The maximum atomic E-state index is 13.5. The van der Waals surface area contributed by atoms with Crippen molar-refractivity contribution in [3.8, 4) is 5.75 Å². The van der Waals surface area contributed by atoms with Crippen LogP contribution in [0.1, 0.15) is 27.6 Å². The fourth-order valence-corrected chi connectivity index (χ4v) is 5.19. The van der Waals surface area contributed by atoms with Crippen molar-refractivity contribution in [2.24, 2.45) is 5.10 Å². The Morgan fingerprint density at radius 2 is 1.57 bits per heavy atom. The van der Waals surface area contributed by atoms with Gasteiger partial charge in [-0.05, 0) is 60.2 Å². The summed E-state index contributed by atoms with van der Waals surface area (Å²) in [4.78, 5) is 39.6. The van der Waals surface area contributed by atoms with E-state index in [0.717, 1.165) is 10.5 Å². The molecule has 4 aromatic carbocycles. The molecule has 1 unspecified atom stereocenters. The second-order valence-electron chi connectivity index (χ2n) is 8.87. The molecule has 3 amide bonds. The molecule has 2 N–H and O–H groups in total. The molecule has 9 heteroatoms.